The van der Waals surface area contributed by atoms with E-state index in [1.54, 1.807) is 17.0 Å². The third-order valence-electron chi connectivity index (χ3n) is 1.98. The van der Waals surface area contributed by atoms with Gasteiger partial charge in [-0.25, -0.2) is 4.79 Å². The van der Waals surface area contributed by atoms with Gasteiger partial charge in [0.15, 0.2) is 0 Å². The van der Waals surface area contributed by atoms with Gasteiger partial charge < -0.3 is 41.1 Å². The van der Waals surface area contributed by atoms with Gasteiger partial charge >= 0.3 is 6.03 Å². The molecule has 0 radical (unpaired) electrons. The molecule has 1 aromatic heterocycles. The van der Waals surface area contributed by atoms with Crippen molar-refractivity contribution in [3.63, 3.8) is 0 Å². The predicted octanol–water partition coefficient (Wildman–Crippen LogP) is -2.12. The van der Waals surface area contributed by atoms with Crippen LogP contribution >= 0.6 is 0 Å². The van der Waals surface area contributed by atoms with Crippen LogP contribution in [-0.4, -0.2) is 77.6 Å². The zero-order chi connectivity index (χ0) is 18.5. The number of carbonyl (C=O) groups excluding carboxylic acids is 2. The molecule has 0 aliphatic heterocycles. The highest BCUT2D eigenvalue weighted by Crippen LogP contribution is 1.96. The maximum absolute atomic E-state index is 9.00. The number of hydrogen-bond acceptors (Lipinski definition) is 8. The van der Waals surface area contributed by atoms with Crippen LogP contribution in [0.4, 0.5) is 4.79 Å². The summed E-state index contributed by atoms with van der Waals surface area (Å²) in [6, 6.07) is 2.63. The molecule has 136 valence electrons. The second-order valence-corrected chi connectivity index (χ2v) is 3.65. The summed E-state index contributed by atoms with van der Waals surface area (Å²) in [5.41, 5.74) is 8.50. The molecule has 10 nitrogen and oxygen atoms in total. The standard InChI is InChI=1S/C6H15NO3.C5H6O2.CH4N2O.CH2O/c8-4-1-7(2-5-9)3-6-10;6-4-5-2-1-3-7-5;2-1(3)4;1-2/h8-10H,1-6H2;1-3,6H,4H2;(H4,2,3,4);1H2. The molecule has 1 heterocycles. The van der Waals surface area contributed by atoms with Crippen molar-refractivity contribution in [3.8, 4) is 0 Å². The number of aliphatic hydroxyl groups excluding tert-OH is 4. The zero-order valence-electron chi connectivity index (χ0n) is 13.0. The molecule has 2 amide bonds. The summed E-state index contributed by atoms with van der Waals surface area (Å²) < 4.78 is 4.73. The lowest BCUT2D eigenvalue weighted by Crippen LogP contribution is -2.32. The van der Waals surface area contributed by atoms with Crippen molar-refractivity contribution < 1.29 is 34.4 Å². The Hall–Kier alpha value is -1.98. The van der Waals surface area contributed by atoms with Crippen LogP contribution in [0.1, 0.15) is 5.76 Å². The average Bonchev–Trinajstić information content (AvgIpc) is 3.04. The number of nitrogens with two attached hydrogens (primary N) is 2. The van der Waals surface area contributed by atoms with Crippen molar-refractivity contribution in [1.29, 1.82) is 0 Å². The molecule has 0 spiro atoms. The minimum Gasteiger partial charge on any atom is -0.467 e. The molecular weight excluding hydrogens is 310 g/mol. The van der Waals surface area contributed by atoms with Crippen LogP contribution in [0.2, 0.25) is 0 Å². The molecule has 23 heavy (non-hydrogen) atoms. The van der Waals surface area contributed by atoms with Crippen LogP contribution in [0.3, 0.4) is 0 Å². The van der Waals surface area contributed by atoms with E-state index >= 15 is 0 Å². The summed E-state index contributed by atoms with van der Waals surface area (Å²) in [5, 5.41) is 33.8. The fourth-order valence-corrected chi connectivity index (χ4v) is 1.16. The van der Waals surface area contributed by atoms with Gasteiger partial charge in [-0.2, -0.15) is 0 Å². The first kappa shape index (κ1) is 25.9. The lowest BCUT2D eigenvalue weighted by molar-refractivity contribution is -0.0980. The summed E-state index contributed by atoms with van der Waals surface area (Å²) in [6.45, 7) is 3.75. The second-order valence-electron chi connectivity index (χ2n) is 3.65. The number of urea groups is 1. The van der Waals surface area contributed by atoms with E-state index in [1.165, 1.54) is 6.26 Å². The summed E-state index contributed by atoms with van der Waals surface area (Å²) >= 11 is 0. The summed E-state index contributed by atoms with van der Waals surface area (Å²) in [7, 11) is 0. The molecule has 8 N–H and O–H groups in total. The van der Waals surface area contributed by atoms with Crippen LogP contribution in [0.5, 0.6) is 0 Å². The highest BCUT2D eigenvalue weighted by molar-refractivity contribution is 5.69. The van der Waals surface area contributed by atoms with E-state index in [1.807, 2.05) is 6.79 Å². The highest BCUT2D eigenvalue weighted by Gasteiger charge is 2.00. The number of amides is 2. The lowest BCUT2D eigenvalue weighted by atomic mass is 10.4. The van der Waals surface area contributed by atoms with Crippen molar-refractivity contribution in [2.24, 2.45) is 11.5 Å². The Morgan fingerprint density at radius 1 is 1.04 bits per heavy atom. The van der Waals surface area contributed by atoms with Gasteiger partial charge in [0.1, 0.15) is 19.2 Å². The number of aliphatic hydroxyl groups is 4. The molecule has 0 aliphatic rings. The van der Waals surface area contributed by atoms with E-state index in [4.69, 9.17) is 34.4 Å². The zero-order valence-corrected chi connectivity index (χ0v) is 13.0. The van der Waals surface area contributed by atoms with Gasteiger partial charge in [-0.1, -0.05) is 0 Å². The number of nitrogens with zero attached hydrogens (tertiary/aromatic N) is 1. The molecule has 0 fully saturated rings. The van der Waals surface area contributed by atoms with Gasteiger partial charge in [0.25, 0.3) is 0 Å². The van der Waals surface area contributed by atoms with E-state index in [0.29, 0.717) is 25.4 Å². The molecule has 10 heteroatoms. The van der Waals surface area contributed by atoms with Gasteiger partial charge in [-0.3, -0.25) is 4.90 Å². The lowest BCUT2D eigenvalue weighted by Gasteiger charge is -2.17. The van der Waals surface area contributed by atoms with E-state index in [2.05, 4.69) is 11.5 Å². The van der Waals surface area contributed by atoms with Gasteiger partial charge in [0.2, 0.25) is 0 Å². The number of furan rings is 1. The first-order valence-electron chi connectivity index (χ1n) is 6.53. The van der Waals surface area contributed by atoms with Gasteiger partial charge in [-0.05, 0) is 12.1 Å². The maximum atomic E-state index is 9.00. The Bertz CT molecular complexity index is 318. The third kappa shape index (κ3) is 25.3. The summed E-state index contributed by atoms with van der Waals surface area (Å²) in [6.07, 6.45) is 1.53. The van der Waals surface area contributed by atoms with E-state index < -0.39 is 6.03 Å². The molecule has 0 aromatic carbocycles. The van der Waals surface area contributed by atoms with E-state index in [0.717, 1.165) is 0 Å². The first-order chi connectivity index (χ1) is 11.0. The molecule has 1 aromatic rings. The van der Waals surface area contributed by atoms with Gasteiger partial charge in [-0.15, -0.1) is 0 Å². The molecule has 1 rings (SSSR count). The molecule has 0 saturated heterocycles. The summed E-state index contributed by atoms with van der Waals surface area (Å²) in [5.74, 6) is 0.611. The third-order valence-corrected chi connectivity index (χ3v) is 1.98. The SMILES string of the molecule is C=O.NC(N)=O.OCCN(CCO)CCO.OCc1ccco1. The minimum absolute atomic E-state index is 0.00694. The topological polar surface area (TPSA) is 183 Å². The fraction of sp³-hybridized carbons (Fsp3) is 0.538. The van der Waals surface area contributed by atoms with Crippen LogP contribution in [0.15, 0.2) is 22.8 Å². The van der Waals surface area contributed by atoms with Crippen LogP contribution in [0.25, 0.3) is 0 Å². The van der Waals surface area contributed by atoms with Gasteiger partial charge in [0.05, 0.1) is 26.1 Å². The van der Waals surface area contributed by atoms with Crippen molar-refractivity contribution in [2.75, 3.05) is 39.5 Å². The quantitative estimate of drug-likeness (QED) is 0.326. The molecule has 0 atom stereocenters. The Labute approximate surface area is 134 Å². The Kier molecular flexibility index (Phi) is 25.2. The number of primary amides is 2. The normalized spacial score (nSPS) is 8.74. The number of hydrogen-bond donors (Lipinski definition) is 6. The second kappa shape index (κ2) is 22.3. The summed E-state index contributed by atoms with van der Waals surface area (Å²) in [4.78, 5) is 18.8. The van der Waals surface area contributed by atoms with E-state index in [-0.39, 0.29) is 26.4 Å². The Morgan fingerprint density at radius 2 is 1.43 bits per heavy atom. The highest BCUT2D eigenvalue weighted by atomic mass is 16.4. The maximum Gasteiger partial charge on any atom is 0.309 e. The fourth-order valence-electron chi connectivity index (χ4n) is 1.16. The van der Waals surface area contributed by atoms with Crippen molar-refractivity contribution in [1.82, 2.24) is 4.90 Å². The Morgan fingerprint density at radius 3 is 1.61 bits per heavy atom. The molecule has 0 saturated carbocycles. The smallest absolute Gasteiger partial charge is 0.309 e. The average molecular weight is 337 g/mol. The molecular formula is C13H27N3O7. The molecule has 0 aliphatic carbocycles. The van der Waals surface area contributed by atoms with Crippen LogP contribution in [-0.2, 0) is 11.4 Å². The van der Waals surface area contributed by atoms with Crippen molar-refractivity contribution >= 4 is 12.8 Å². The largest absolute Gasteiger partial charge is 0.467 e. The van der Waals surface area contributed by atoms with Crippen LogP contribution < -0.4 is 11.5 Å². The first-order valence-corrected chi connectivity index (χ1v) is 6.53. The monoisotopic (exact) mass is 337 g/mol. The Balaban J connectivity index is -0.000000267. The number of rotatable bonds is 7. The van der Waals surface area contributed by atoms with Crippen LogP contribution in [0, 0.1) is 0 Å². The predicted molar refractivity (Wildman–Crippen MR) is 83.2 cm³/mol. The van der Waals surface area contributed by atoms with E-state index in [9.17, 15) is 0 Å². The number of carbonyl (C=O) groups is 2. The molecule has 0 unspecified atom stereocenters. The minimum atomic E-state index is -0.833. The van der Waals surface area contributed by atoms with Crippen molar-refractivity contribution in [2.45, 2.75) is 6.61 Å². The molecule has 0 bridgehead atoms. The van der Waals surface area contributed by atoms with Crippen molar-refractivity contribution in [3.05, 3.63) is 24.2 Å². The van der Waals surface area contributed by atoms with Gasteiger partial charge in [0, 0.05) is 19.6 Å².